The van der Waals surface area contributed by atoms with E-state index in [-0.39, 0.29) is 11.8 Å². The highest BCUT2D eigenvalue weighted by Crippen LogP contribution is 2.33. The molecule has 0 radical (unpaired) electrons. The third kappa shape index (κ3) is 2.72. The van der Waals surface area contributed by atoms with Crippen LogP contribution >= 0.6 is 11.3 Å². The van der Waals surface area contributed by atoms with Gasteiger partial charge in [-0.05, 0) is 29.5 Å². The van der Waals surface area contributed by atoms with Crippen LogP contribution in [0, 0.1) is 0 Å². The van der Waals surface area contributed by atoms with Crippen LogP contribution in [0.2, 0.25) is 0 Å². The Morgan fingerprint density at radius 2 is 2.09 bits per heavy atom. The number of nitrogens with zero attached hydrogens (tertiary/aromatic N) is 1. The number of rotatable bonds is 4. The Balaban J connectivity index is 1.95. The Hall–Kier alpha value is -2.27. The minimum absolute atomic E-state index is 0.0809. The summed E-state index contributed by atoms with van der Waals surface area (Å²) < 4.78 is 4.81. The number of aromatic nitrogens is 1. The van der Waals surface area contributed by atoms with Crippen LogP contribution < -0.4 is 0 Å². The third-order valence-corrected chi connectivity index (χ3v) is 4.79. The number of carbonyl (C=O) groups is 2. The van der Waals surface area contributed by atoms with Crippen LogP contribution in [-0.4, -0.2) is 23.8 Å². The highest BCUT2D eigenvalue weighted by molar-refractivity contribution is 7.12. The van der Waals surface area contributed by atoms with Gasteiger partial charge in [0.2, 0.25) is 5.78 Å². The second kappa shape index (κ2) is 6.08. The Morgan fingerprint density at radius 3 is 2.74 bits per heavy atom. The van der Waals surface area contributed by atoms with Crippen molar-refractivity contribution in [1.82, 2.24) is 4.98 Å². The van der Waals surface area contributed by atoms with Gasteiger partial charge in [0.05, 0.1) is 18.4 Å². The summed E-state index contributed by atoms with van der Waals surface area (Å²) >= 11 is 1.37. The number of benzene rings is 1. The standard InChI is InChI=1S/C18H17NO3S/c1-10(2)15-9-23-17(19-15)16(20)13-8-7-12-11(13)5-4-6-14(12)18(21)22-3/h4-6,8-10H,7H2,1-3H3. The molecule has 5 heteroatoms. The lowest BCUT2D eigenvalue weighted by atomic mass is 9.98. The first-order valence-corrected chi connectivity index (χ1v) is 8.31. The number of methoxy groups -OCH3 is 1. The van der Waals surface area contributed by atoms with E-state index in [1.807, 2.05) is 17.5 Å². The number of thiazole rings is 1. The Kier molecular flexibility index (Phi) is 4.13. The van der Waals surface area contributed by atoms with Gasteiger partial charge in [0.15, 0.2) is 5.01 Å². The van der Waals surface area contributed by atoms with Crippen LogP contribution in [0.1, 0.15) is 56.7 Å². The van der Waals surface area contributed by atoms with E-state index in [4.69, 9.17) is 4.74 Å². The number of allylic oxidation sites excluding steroid dienone is 2. The van der Waals surface area contributed by atoms with Gasteiger partial charge in [0.25, 0.3) is 0 Å². The van der Waals surface area contributed by atoms with Gasteiger partial charge in [-0.25, -0.2) is 9.78 Å². The molecule has 0 bridgehead atoms. The zero-order valence-corrected chi connectivity index (χ0v) is 14.1. The maximum atomic E-state index is 12.8. The number of hydrogen-bond donors (Lipinski definition) is 0. The highest BCUT2D eigenvalue weighted by Gasteiger charge is 2.27. The van der Waals surface area contributed by atoms with Gasteiger partial charge < -0.3 is 4.74 Å². The van der Waals surface area contributed by atoms with Gasteiger partial charge in [-0.3, -0.25) is 4.79 Å². The SMILES string of the molecule is COC(=O)c1cccc2c1CC=C2C(=O)c1nc(C(C)C)cs1. The fourth-order valence-corrected chi connectivity index (χ4v) is 3.59. The summed E-state index contributed by atoms with van der Waals surface area (Å²) in [5.41, 5.74) is 3.73. The first kappa shape index (κ1) is 15.6. The smallest absolute Gasteiger partial charge is 0.338 e. The largest absolute Gasteiger partial charge is 0.465 e. The lowest BCUT2D eigenvalue weighted by Gasteiger charge is -2.08. The minimum atomic E-state index is -0.375. The van der Waals surface area contributed by atoms with Crippen molar-refractivity contribution in [3.63, 3.8) is 0 Å². The average Bonchev–Trinajstić information content (AvgIpc) is 3.20. The molecule has 0 saturated heterocycles. The molecule has 2 aromatic rings. The van der Waals surface area contributed by atoms with Gasteiger partial charge in [-0.2, -0.15) is 0 Å². The van der Waals surface area contributed by atoms with Gasteiger partial charge in [-0.15, -0.1) is 11.3 Å². The second-order valence-electron chi connectivity index (χ2n) is 5.71. The van der Waals surface area contributed by atoms with E-state index in [1.165, 1.54) is 18.4 Å². The van der Waals surface area contributed by atoms with Crippen molar-refractivity contribution in [2.45, 2.75) is 26.2 Å². The van der Waals surface area contributed by atoms with Crippen molar-refractivity contribution < 1.29 is 14.3 Å². The summed E-state index contributed by atoms with van der Waals surface area (Å²) in [6.07, 6.45) is 2.43. The molecule has 3 rings (SSSR count). The van der Waals surface area contributed by atoms with Crippen LogP contribution in [0.15, 0.2) is 29.7 Å². The Morgan fingerprint density at radius 1 is 1.30 bits per heavy atom. The lowest BCUT2D eigenvalue weighted by molar-refractivity contribution is 0.0599. The molecule has 0 aliphatic heterocycles. The molecule has 0 fully saturated rings. The van der Waals surface area contributed by atoms with Crippen molar-refractivity contribution >= 4 is 28.7 Å². The molecule has 1 heterocycles. The quantitative estimate of drug-likeness (QED) is 0.632. The maximum absolute atomic E-state index is 12.8. The molecule has 0 atom stereocenters. The fraction of sp³-hybridized carbons (Fsp3) is 0.278. The third-order valence-electron chi connectivity index (χ3n) is 3.93. The lowest BCUT2D eigenvalue weighted by Crippen LogP contribution is -2.07. The van der Waals surface area contributed by atoms with Crippen LogP contribution in [0.25, 0.3) is 5.57 Å². The summed E-state index contributed by atoms with van der Waals surface area (Å²) in [5, 5.41) is 2.43. The van der Waals surface area contributed by atoms with Gasteiger partial charge in [0, 0.05) is 11.0 Å². The van der Waals surface area contributed by atoms with Crippen LogP contribution in [0.4, 0.5) is 0 Å². The van der Waals surface area contributed by atoms with E-state index < -0.39 is 0 Å². The Bertz CT molecular complexity index is 817. The van der Waals surface area contributed by atoms with E-state index in [0.29, 0.717) is 28.5 Å². The average molecular weight is 327 g/mol. The van der Waals surface area contributed by atoms with Gasteiger partial charge >= 0.3 is 5.97 Å². The molecule has 0 amide bonds. The molecule has 23 heavy (non-hydrogen) atoms. The summed E-state index contributed by atoms with van der Waals surface area (Å²) in [5.74, 6) is -0.161. The van der Waals surface area contributed by atoms with Crippen molar-refractivity contribution in [2.24, 2.45) is 0 Å². The van der Waals surface area contributed by atoms with Gasteiger partial charge in [0.1, 0.15) is 0 Å². The summed E-state index contributed by atoms with van der Waals surface area (Å²) in [6.45, 7) is 4.10. The van der Waals surface area contributed by atoms with Crippen LogP contribution in [0.5, 0.6) is 0 Å². The second-order valence-corrected chi connectivity index (χ2v) is 6.56. The molecular weight excluding hydrogens is 310 g/mol. The number of esters is 1. The fourth-order valence-electron chi connectivity index (χ4n) is 2.66. The number of fused-ring (bicyclic) bond motifs is 1. The molecule has 1 aromatic heterocycles. The summed E-state index contributed by atoms with van der Waals surface area (Å²) in [7, 11) is 1.36. The van der Waals surface area contributed by atoms with E-state index in [1.54, 1.807) is 12.1 Å². The summed E-state index contributed by atoms with van der Waals surface area (Å²) in [4.78, 5) is 29.1. The predicted octanol–water partition coefficient (Wildman–Crippen LogP) is 3.88. The first-order valence-electron chi connectivity index (χ1n) is 7.43. The number of ketones is 1. The van der Waals surface area contributed by atoms with Crippen molar-refractivity contribution in [3.05, 3.63) is 57.0 Å². The molecule has 4 nitrogen and oxygen atoms in total. The van der Waals surface area contributed by atoms with Crippen molar-refractivity contribution in [3.8, 4) is 0 Å². The topological polar surface area (TPSA) is 56.3 Å². The predicted molar refractivity (Wildman–Crippen MR) is 90.0 cm³/mol. The molecule has 0 unspecified atom stereocenters. The molecule has 1 aliphatic rings. The molecule has 118 valence electrons. The van der Waals surface area contributed by atoms with E-state index in [2.05, 4.69) is 18.8 Å². The minimum Gasteiger partial charge on any atom is -0.465 e. The molecule has 1 aromatic carbocycles. The van der Waals surface area contributed by atoms with E-state index in [9.17, 15) is 9.59 Å². The molecule has 0 spiro atoms. The summed E-state index contributed by atoms with van der Waals surface area (Å²) in [6, 6.07) is 5.38. The molecule has 0 saturated carbocycles. The van der Waals surface area contributed by atoms with Crippen molar-refractivity contribution in [1.29, 1.82) is 0 Å². The maximum Gasteiger partial charge on any atom is 0.338 e. The van der Waals surface area contributed by atoms with Crippen molar-refractivity contribution in [2.75, 3.05) is 7.11 Å². The van der Waals surface area contributed by atoms with Crippen LogP contribution in [-0.2, 0) is 11.2 Å². The number of hydrogen-bond acceptors (Lipinski definition) is 5. The number of ether oxygens (including phenoxy) is 1. The van der Waals surface area contributed by atoms with Crippen LogP contribution in [0.3, 0.4) is 0 Å². The first-order chi connectivity index (χ1) is 11.0. The zero-order chi connectivity index (χ0) is 16.6. The van der Waals surface area contributed by atoms with E-state index in [0.717, 1.165) is 16.8 Å². The monoisotopic (exact) mass is 327 g/mol. The van der Waals surface area contributed by atoms with Gasteiger partial charge in [-0.1, -0.05) is 32.1 Å². The number of carbonyl (C=O) groups excluding carboxylic acids is 2. The molecule has 1 aliphatic carbocycles. The highest BCUT2D eigenvalue weighted by atomic mass is 32.1. The number of Topliss-reactive ketones (excluding diaryl/α,β-unsaturated/α-hetero) is 1. The Labute approximate surface area is 138 Å². The molecule has 0 N–H and O–H groups in total. The van der Waals surface area contributed by atoms with E-state index >= 15 is 0 Å². The zero-order valence-electron chi connectivity index (χ0n) is 13.3. The normalized spacial score (nSPS) is 13.0. The molecular formula is C18H17NO3S.